The zero-order valence-electron chi connectivity index (χ0n) is 13.8. The maximum atomic E-state index is 10.9. The van der Waals surface area contributed by atoms with Gasteiger partial charge < -0.3 is 10.0 Å². The number of hydrogen-bond donors (Lipinski definition) is 1. The first-order valence-corrected chi connectivity index (χ1v) is 8.64. The van der Waals surface area contributed by atoms with Crippen LogP contribution >= 0.6 is 11.6 Å². The van der Waals surface area contributed by atoms with Gasteiger partial charge in [0.2, 0.25) is 0 Å². The van der Waals surface area contributed by atoms with Crippen LogP contribution in [0.5, 0.6) is 0 Å². The molecule has 24 heavy (non-hydrogen) atoms. The van der Waals surface area contributed by atoms with Crippen molar-refractivity contribution in [3.63, 3.8) is 0 Å². The Morgan fingerprint density at radius 2 is 2.12 bits per heavy atom. The molecule has 1 aliphatic rings. The van der Waals surface area contributed by atoms with Crippen molar-refractivity contribution in [3.05, 3.63) is 35.4 Å². The fourth-order valence-electron chi connectivity index (χ4n) is 3.35. The number of halogens is 1. The molecule has 1 atom stereocenters. The molecule has 5 nitrogen and oxygen atoms in total. The minimum atomic E-state index is -0.772. The van der Waals surface area contributed by atoms with Crippen LogP contribution in [0.25, 0.3) is 10.9 Å². The van der Waals surface area contributed by atoms with Gasteiger partial charge >= 0.3 is 5.97 Å². The topological polar surface area (TPSA) is 56.7 Å². The van der Waals surface area contributed by atoms with E-state index in [1.54, 1.807) is 0 Å². The highest BCUT2D eigenvalue weighted by Gasteiger charge is 2.22. The second-order valence-corrected chi connectivity index (χ2v) is 6.82. The number of fused-ring (bicyclic) bond motifs is 1. The van der Waals surface area contributed by atoms with Crippen LogP contribution < -0.4 is 4.90 Å². The second-order valence-electron chi connectivity index (χ2n) is 6.39. The Kier molecular flexibility index (Phi) is 5.21. The van der Waals surface area contributed by atoms with Crippen molar-refractivity contribution in [2.45, 2.75) is 25.3 Å². The van der Waals surface area contributed by atoms with E-state index >= 15 is 0 Å². The Hall–Kier alpha value is -1.85. The summed E-state index contributed by atoms with van der Waals surface area (Å²) < 4.78 is 0. The molecular weight excluding hydrogens is 326 g/mol. The number of rotatable bonds is 4. The monoisotopic (exact) mass is 347 g/mol. The Morgan fingerprint density at radius 3 is 2.92 bits per heavy atom. The predicted octanol–water partition coefficient (Wildman–Crippen LogP) is 3.26. The first kappa shape index (κ1) is 17.0. The van der Waals surface area contributed by atoms with Crippen molar-refractivity contribution in [2.75, 3.05) is 31.6 Å². The Balaban J connectivity index is 1.73. The molecule has 0 aliphatic carbocycles. The number of anilines is 1. The van der Waals surface area contributed by atoms with Crippen LogP contribution in [0, 0.1) is 0 Å². The summed E-state index contributed by atoms with van der Waals surface area (Å²) in [5.41, 5.74) is 0.906. The molecule has 2 heterocycles. The summed E-state index contributed by atoms with van der Waals surface area (Å²) in [5, 5.41) is 10.7. The van der Waals surface area contributed by atoms with Gasteiger partial charge in [-0.15, -0.1) is 0 Å². The standard InChI is InChI=1S/C18H22ClN3O2/c1-21(12-18(23)24)15-3-2-9-22(10-8-15)17-7-5-13-4-6-14(19)11-16(13)20-17/h4-7,11,15H,2-3,8-10,12H2,1H3,(H,23,24). The zero-order valence-corrected chi connectivity index (χ0v) is 14.5. The quantitative estimate of drug-likeness (QED) is 0.920. The van der Waals surface area contributed by atoms with E-state index in [1.807, 2.05) is 30.1 Å². The maximum Gasteiger partial charge on any atom is 0.317 e. The summed E-state index contributed by atoms with van der Waals surface area (Å²) in [7, 11) is 1.89. The molecule has 1 N–H and O–H groups in total. The number of pyridine rings is 1. The first-order chi connectivity index (χ1) is 11.5. The second kappa shape index (κ2) is 7.36. The fraction of sp³-hybridized carbons (Fsp3) is 0.444. The van der Waals surface area contributed by atoms with Crippen LogP contribution in [-0.4, -0.2) is 53.7 Å². The lowest BCUT2D eigenvalue weighted by atomic mass is 10.1. The lowest BCUT2D eigenvalue weighted by Gasteiger charge is -2.26. The highest BCUT2D eigenvalue weighted by Crippen LogP contribution is 2.24. The average Bonchev–Trinajstić information content (AvgIpc) is 2.79. The summed E-state index contributed by atoms with van der Waals surface area (Å²) in [6, 6.07) is 10.2. The molecule has 6 heteroatoms. The third kappa shape index (κ3) is 3.97. The molecule has 1 saturated heterocycles. The summed E-state index contributed by atoms with van der Waals surface area (Å²) in [4.78, 5) is 19.9. The highest BCUT2D eigenvalue weighted by molar-refractivity contribution is 6.31. The maximum absolute atomic E-state index is 10.9. The van der Waals surface area contributed by atoms with Crippen molar-refractivity contribution in [1.29, 1.82) is 0 Å². The number of benzene rings is 1. The molecule has 0 saturated carbocycles. The highest BCUT2D eigenvalue weighted by atomic mass is 35.5. The van der Waals surface area contributed by atoms with E-state index in [2.05, 4.69) is 17.0 Å². The lowest BCUT2D eigenvalue weighted by Crippen LogP contribution is -2.36. The van der Waals surface area contributed by atoms with Crippen LogP contribution in [0.4, 0.5) is 5.82 Å². The third-order valence-electron chi connectivity index (χ3n) is 4.67. The molecule has 0 radical (unpaired) electrons. The van der Waals surface area contributed by atoms with E-state index < -0.39 is 5.97 Å². The molecule has 0 bridgehead atoms. The largest absolute Gasteiger partial charge is 0.480 e. The summed E-state index contributed by atoms with van der Waals surface area (Å²) in [5.74, 6) is 0.193. The Labute approximate surface area is 146 Å². The molecule has 2 aromatic rings. The normalized spacial score (nSPS) is 18.8. The van der Waals surface area contributed by atoms with Crippen molar-refractivity contribution >= 4 is 34.3 Å². The zero-order chi connectivity index (χ0) is 17.1. The van der Waals surface area contributed by atoms with Gasteiger partial charge in [-0.25, -0.2) is 4.98 Å². The van der Waals surface area contributed by atoms with E-state index in [0.29, 0.717) is 11.1 Å². The van der Waals surface area contributed by atoms with E-state index in [9.17, 15) is 4.79 Å². The number of nitrogens with zero attached hydrogens (tertiary/aromatic N) is 3. The number of carboxylic acid groups (broad SMARTS) is 1. The Bertz CT molecular complexity index is 737. The molecule has 0 spiro atoms. The van der Waals surface area contributed by atoms with Gasteiger partial charge in [0.05, 0.1) is 12.1 Å². The van der Waals surface area contributed by atoms with Gasteiger partial charge in [0.1, 0.15) is 5.82 Å². The molecule has 0 amide bonds. The lowest BCUT2D eigenvalue weighted by molar-refractivity contribution is -0.138. The van der Waals surface area contributed by atoms with Crippen molar-refractivity contribution in [2.24, 2.45) is 0 Å². The van der Waals surface area contributed by atoms with Gasteiger partial charge in [-0.05, 0) is 50.6 Å². The SMILES string of the molecule is CN(CC(=O)O)C1CCCN(c2ccc3ccc(Cl)cc3n2)CC1. The van der Waals surface area contributed by atoms with Crippen LogP contribution in [0.3, 0.4) is 0 Å². The number of hydrogen-bond acceptors (Lipinski definition) is 4. The van der Waals surface area contributed by atoms with Gasteiger partial charge in [0, 0.05) is 29.5 Å². The predicted molar refractivity (Wildman–Crippen MR) is 96.9 cm³/mol. The number of aromatic nitrogens is 1. The van der Waals surface area contributed by atoms with Crippen LogP contribution in [0.1, 0.15) is 19.3 Å². The summed E-state index contributed by atoms with van der Waals surface area (Å²) in [6.07, 6.45) is 2.99. The Morgan fingerprint density at radius 1 is 1.33 bits per heavy atom. The fourth-order valence-corrected chi connectivity index (χ4v) is 3.51. The molecule has 1 aromatic carbocycles. The van der Waals surface area contributed by atoms with Crippen molar-refractivity contribution in [1.82, 2.24) is 9.88 Å². The van der Waals surface area contributed by atoms with Gasteiger partial charge in [0.25, 0.3) is 0 Å². The smallest absolute Gasteiger partial charge is 0.317 e. The molecule has 3 rings (SSSR count). The van der Waals surface area contributed by atoms with Gasteiger partial charge in [-0.2, -0.15) is 0 Å². The minimum absolute atomic E-state index is 0.0946. The number of carbonyl (C=O) groups is 1. The third-order valence-corrected chi connectivity index (χ3v) is 4.90. The molecule has 1 aliphatic heterocycles. The minimum Gasteiger partial charge on any atom is -0.480 e. The van der Waals surface area contributed by atoms with E-state index in [0.717, 1.165) is 49.1 Å². The van der Waals surface area contributed by atoms with Crippen LogP contribution in [0.2, 0.25) is 5.02 Å². The van der Waals surface area contributed by atoms with E-state index in [4.69, 9.17) is 21.7 Å². The van der Waals surface area contributed by atoms with Crippen LogP contribution in [0.15, 0.2) is 30.3 Å². The molecule has 1 fully saturated rings. The summed E-state index contributed by atoms with van der Waals surface area (Å²) >= 11 is 6.07. The molecular formula is C18H22ClN3O2. The van der Waals surface area contributed by atoms with E-state index in [-0.39, 0.29) is 6.54 Å². The molecule has 1 aromatic heterocycles. The van der Waals surface area contributed by atoms with Crippen LogP contribution in [-0.2, 0) is 4.79 Å². The van der Waals surface area contributed by atoms with Gasteiger partial charge in [-0.3, -0.25) is 9.69 Å². The molecule has 1 unspecified atom stereocenters. The molecule has 128 valence electrons. The number of likely N-dealkylation sites (N-methyl/N-ethyl adjacent to an activating group) is 1. The van der Waals surface area contributed by atoms with Gasteiger partial charge in [0.15, 0.2) is 0 Å². The van der Waals surface area contributed by atoms with Crippen molar-refractivity contribution in [3.8, 4) is 0 Å². The van der Waals surface area contributed by atoms with E-state index in [1.165, 1.54) is 0 Å². The first-order valence-electron chi connectivity index (χ1n) is 8.26. The van der Waals surface area contributed by atoms with Crippen molar-refractivity contribution < 1.29 is 9.90 Å². The number of carboxylic acids is 1. The summed E-state index contributed by atoms with van der Waals surface area (Å²) in [6.45, 7) is 1.92. The number of aliphatic carboxylic acids is 1. The van der Waals surface area contributed by atoms with Gasteiger partial charge in [-0.1, -0.05) is 17.7 Å². The average molecular weight is 348 g/mol.